The van der Waals surface area contributed by atoms with Gasteiger partial charge in [-0.05, 0) is 12.0 Å². The van der Waals surface area contributed by atoms with Crippen LogP contribution in [0.25, 0.3) is 0 Å². The molecule has 1 aliphatic rings. The van der Waals surface area contributed by atoms with Gasteiger partial charge in [-0.1, -0.05) is 44.2 Å². The van der Waals surface area contributed by atoms with Crippen molar-refractivity contribution >= 4 is 11.7 Å². The third kappa shape index (κ3) is 3.50. The second kappa shape index (κ2) is 7.33. The average Bonchev–Trinajstić information content (AvgIpc) is 2.98. The summed E-state index contributed by atoms with van der Waals surface area (Å²) in [4.78, 5) is 16.5. The third-order valence-corrected chi connectivity index (χ3v) is 4.57. The standard InChI is InChI=1S/C20H16F5NO2/c1-20(2)8-11(26-18(20)10-6-4-3-5-7-10)9-28-19(27)12-13(21)15(23)17(25)16(24)14(12)22/h3-7,11H,8-9H2,1-2H3. The van der Waals surface area contributed by atoms with E-state index >= 15 is 0 Å². The zero-order chi connectivity index (χ0) is 20.6. The summed E-state index contributed by atoms with van der Waals surface area (Å²) in [6.07, 6.45) is 0.488. The first-order valence-electron chi connectivity index (χ1n) is 8.45. The number of nitrogens with zero attached hydrogens (tertiary/aromatic N) is 1. The molecule has 2 aromatic carbocycles. The van der Waals surface area contributed by atoms with E-state index < -0.39 is 46.7 Å². The highest BCUT2D eigenvalue weighted by Crippen LogP contribution is 2.36. The van der Waals surface area contributed by atoms with Crippen molar-refractivity contribution in [2.45, 2.75) is 26.3 Å². The molecule has 0 N–H and O–H groups in total. The Kier molecular flexibility index (Phi) is 5.23. The zero-order valence-electron chi connectivity index (χ0n) is 15.0. The molecule has 1 heterocycles. The van der Waals surface area contributed by atoms with E-state index in [4.69, 9.17) is 4.74 Å². The number of ether oxygens (including phenoxy) is 1. The van der Waals surface area contributed by atoms with Gasteiger partial charge in [-0.2, -0.15) is 0 Å². The first-order chi connectivity index (χ1) is 13.1. The van der Waals surface area contributed by atoms with E-state index in [1.54, 1.807) is 0 Å². The molecule has 1 atom stereocenters. The molecule has 0 saturated heterocycles. The van der Waals surface area contributed by atoms with E-state index in [1.165, 1.54) is 0 Å². The number of rotatable bonds is 4. The Morgan fingerprint density at radius 2 is 1.54 bits per heavy atom. The molecule has 1 unspecified atom stereocenters. The van der Waals surface area contributed by atoms with Gasteiger partial charge in [0, 0.05) is 11.1 Å². The van der Waals surface area contributed by atoms with Gasteiger partial charge in [-0.3, -0.25) is 4.99 Å². The Balaban J connectivity index is 1.79. The van der Waals surface area contributed by atoms with Gasteiger partial charge in [-0.15, -0.1) is 0 Å². The van der Waals surface area contributed by atoms with Crippen molar-refractivity contribution in [1.29, 1.82) is 0 Å². The maximum Gasteiger partial charge on any atom is 0.344 e. The third-order valence-electron chi connectivity index (χ3n) is 4.57. The van der Waals surface area contributed by atoms with Gasteiger partial charge >= 0.3 is 5.97 Å². The molecule has 0 saturated carbocycles. The van der Waals surface area contributed by atoms with Crippen LogP contribution in [-0.4, -0.2) is 24.3 Å². The first-order valence-corrected chi connectivity index (χ1v) is 8.45. The van der Waals surface area contributed by atoms with Gasteiger partial charge in [0.25, 0.3) is 0 Å². The SMILES string of the molecule is CC1(C)CC(COC(=O)c2c(F)c(F)c(F)c(F)c2F)N=C1c1ccccc1. The lowest BCUT2D eigenvalue weighted by molar-refractivity contribution is 0.0461. The molecule has 148 valence electrons. The van der Waals surface area contributed by atoms with Crippen LogP contribution in [0.3, 0.4) is 0 Å². The van der Waals surface area contributed by atoms with Crippen molar-refractivity contribution < 1.29 is 31.5 Å². The fourth-order valence-corrected chi connectivity index (χ4v) is 3.27. The summed E-state index contributed by atoms with van der Waals surface area (Å²) in [6, 6.07) is 8.81. The Hall–Kier alpha value is -2.77. The second-order valence-corrected chi connectivity index (χ2v) is 7.13. The summed E-state index contributed by atoms with van der Waals surface area (Å²) in [5.41, 5.74) is -0.282. The Bertz CT molecular complexity index is 928. The van der Waals surface area contributed by atoms with Crippen molar-refractivity contribution in [3.63, 3.8) is 0 Å². The van der Waals surface area contributed by atoms with Gasteiger partial charge in [0.1, 0.15) is 12.2 Å². The molecule has 0 radical (unpaired) electrons. The number of benzene rings is 2. The molecule has 0 fully saturated rings. The maximum atomic E-state index is 13.7. The molecule has 1 aliphatic heterocycles. The van der Waals surface area contributed by atoms with Gasteiger partial charge in [-0.25, -0.2) is 26.7 Å². The van der Waals surface area contributed by atoms with Crippen molar-refractivity contribution in [2.24, 2.45) is 10.4 Å². The van der Waals surface area contributed by atoms with Crippen molar-refractivity contribution in [2.75, 3.05) is 6.61 Å². The Labute approximate surface area is 157 Å². The van der Waals surface area contributed by atoms with Crippen molar-refractivity contribution in [1.82, 2.24) is 0 Å². The van der Waals surface area contributed by atoms with E-state index in [0.717, 1.165) is 11.3 Å². The summed E-state index contributed by atoms with van der Waals surface area (Å²) in [7, 11) is 0. The molecule has 28 heavy (non-hydrogen) atoms. The number of halogens is 5. The zero-order valence-corrected chi connectivity index (χ0v) is 15.0. The molecular formula is C20H16F5NO2. The van der Waals surface area contributed by atoms with Crippen LogP contribution in [0, 0.1) is 34.5 Å². The molecule has 8 heteroatoms. The molecule has 0 spiro atoms. The highest BCUT2D eigenvalue weighted by atomic mass is 19.2. The summed E-state index contributed by atoms with van der Waals surface area (Å²) in [5.74, 6) is -12.8. The van der Waals surface area contributed by atoms with Gasteiger partial charge in [0.2, 0.25) is 5.82 Å². The van der Waals surface area contributed by atoms with Gasteiger partial charge in [0.05, 0.1) is 6.04 Å². The van der Waals surface area contributed by atoms with Crippen LogP contribution in [0.2, 0.25) is 0 Å². The van der Waals surface area contributed by atoms with Crippen LogP contribution in [0.1, 0.15) is 36.2 Å². The number of esters is 1. The van der Waals surface area contributed by atoms with E-state index in [1.807, 2.05) is 44.2 Å². The Morgan fingerprint density at radius 3 is 2.11 bits per heavy atom. The fourth-order valence-electron chi connectivity index (χ4n) is 3.27. The minimum absolute atomic E-state index is 0.344. The molecule has 0 aromatic heterocycles. The maximum absolute atomic E-state index is 13.7. The lowest BCUT2D eigenvalue weighted by Crippen LogP contribution is -2.23. The van der Waals surface area contributed by atoms with E-state index in [9.17, 15) is 26.7 Å². The second-order valence-electron chi connectivity index (χ2n) is 7.13. The summed E-state index contributed by atoms with van der Waals surface area (Å²) in [5, 5.41) is 0. The molecule has 0 amide bonds. The number of carbonyl (C=O) groups is 1. The first kappa shape index (κ1) is 20.0. The van der Waals surface area contributed by atoms with Crippen LogP contribution < -0.4 is 0 Å². The van der Waals surface area contributed by atoms with E-state index in [2.05, 4.69) is 4.99 Å². The summed E-state index contributed by atoms with van der Waals surface area (Å²) >= 11 is 0. The smallest absolute Gasteiger partial charge is 0.344 e. The normalized spacial score (nSPS) is 18.1. The molecule has 0 aliphatic carbocycles. The number of carbonyl (C=O) groups excluding carboxylic acids is 1. The topological polar surface area (TPSA) is 38.7 Å². The van der Waals surface area contributed by atoms with Crippen LogP contribution in [-0.2, 0) is 4.74 Å². The fraction of sp³-hybridized carbons (Fsp3) is 0.300. The molecule has 2 aromatic rings. The molecule has 3 nitrogen and oxygen atoms in total. The minimum atomic E-state index is -2.33. The van der Waals surface area contributed by atoms with Crippen LogP contribution in [0.15, 0.2) is 35.3 Å². The number of hydrogen-bond donors (Lipinski definition) is 0. The van der Waals surface area contributed by atoms with Crippen LogP contribution >= 0.6 is 0 Å². The van der Waals surface area contributed by atoms with E-state index in [-0.39, 0.29) is 12.0 Å². The quantitative estimate of drug-likeness (QED) is 0.321. The van der Waals surface area contributed by atoms with Gasteiger partial charge < -0.3 is 4.74 Å². The predicted octanol–water partition coefficient (Wildman–Crippen LogP) is 4.83. The van der Waals surface area contributed by atoms with Crippen molar-refractivity contribution in [3.8, 4) is 0 Å². The lowest BCUT2D eigenvalue weighted by Gasteiger charge is -2.21. The van der Waals surface area contributed by atoms with E-state index in [0.29, 0.717) is 6.42 Å². The van der Waals surface area contributed by atoms with Gasteiger partial charge in [0.15, 0.2) is 23.3 Å². The highest BCUT2D eigenvalue weighted by molar-refractivity contribution is 6.05. The largest absolute Gasteiger partial charge is 0.460 e. The predicted molar refractivity (Wildman–Crippen MR) is 91.7 cm³/mol. The van der Waals surface area contributed by atoms with Crippen LogP contribution in [0.4, 0.5) is 22.0 Å². The highest BCUT2D eigenvalue weighted by Gasteiger charge is 2.37. The monoisotopic (exact) mass is 397 g/mol. The molecular weight excluding hydrogens is 381 g/mol. The summed E-state index contributed by atoms with van der Waals surface area (Å²) < 4.78 is 71.8. The minimum Gasteiger partial charge on any atom is -0.460 e. The number of hydrogen-bond acceptors (Lipinski definition) is 3. The van der Waals surface area contributed by atoms with Crippen LogP contribution in [0.5, 0.6) is 0 Å². The summed E-state index contributed by atoms with van der Waals surface area (Å²) in [6.45, 7) is 3.55. The lowest BCUT2D eigenvalue weighted by atomic mass is 9.81. The molecule has 3 rings (SSSR count). The average molecular weight is 397 g/mol. The number of aliphatic imine (C=N–C) groups is 1. The molecule has 0 bridgehead atoms. The Morgan fingerprint density at radius 1 is 1.00 bits per heavy atom. The van der Waals surface area contributed by atoms with Crippen molar-refractivity contribution in [3.05, 3.63) is 70.5 Å².